The van der Waals surface area contributed by atoms with Gasteiger partial charge < -0.3 is 9.80 Å². The van der Waals surface area contributed by atoms with Crippen LogP contribution in [0.15, 0.2) is 58.5 Å². The molecule has 0 bridgehead atoms. The minimum absolute atomic E-state index is 0.0550. The van der Waals surface area contributed by atoms with E-state index in [-0.39, 0.29) is 29.6 Å². The van der Waals surface area contributed by atoms with Crippen LogP contribution in [0, 0.1) is 5.82 Å². The van der Waals surface area contributed by atoms with Crippen LogP contribution < -0.4 is 4.90 Å². The monoisotopic (exact) mass is 529 g/mol. The predicted molar refractivity (Wildman–Crippen MR) is 138 cm³/mol. The van der Waals surface area contributed by atoms with Gasteiger partial charge in [0.25, 0.3) is 0 Å². The van der Waals surface area contributed by atoms with Crippen molar-refractivity contribution in [1.29, 1.82) is 0 Å². The van der Waals surface area contributed by atoms with Crippen molar-refractivity contribution in [1.82, 2.24) is 19.2 Å². The summed E-state index contributed by atoms with van der Waals surface area (Å²) in [5.74, 6) is 0.500. The van der Waals surface area contributed by atoms with Gasteiger partial charge in [0.05, 0.1) is 21.7 Å². The molecule has 3 heterocycles. The number of piperazine rings is 1. The summed E-state index contributed by atoms with van der Waals surface area (Å²) in [5, 5.41) is 0.751. The average molecular weight is 530 g/mol. The van der Waals surface area contributed by atoms with E-state index >= 15 is 0 Å². The van der Waals surface area contributed by atoms with Gasteiger partial charge in [0.1, 0.15) is 10.8 Å². The summed E-state index contributed by atoms with van der Waals surface area (Å²) in [6.07, 6.45) is 3.44. The van der Waals surface area contributed by atoms with Crippen LogP contribution in [0.25, 0.3) is 11.0 Å². The van der Waals surface area contributed by atoms with Crippen LogP contribution in [0.2, 0.25) is 0 Å². The number of halogens is 1. The van der Waals surface area contributed by atoms with Crippen molar-refractivity contribution >= 4 is 44.5 Å². The lowest BCUT2D eigenvalue weighted by Gasteiger charge is -2.34. The van der Waals surface area contributed by atoms with E-state index in [1.165, 1.54) is 34.6 Å². The second kappa shape index (κ2) is 10.7. The van der Waals surface area contributed by atoms with Gasteiger partial charge in [-0.3, -0.25) is 4.79 Å². The van der Waals surface area contributed by atoms with Gasteiger partial charge in [0.15, 0.2) is 5.82 Å². The number of aromatic nitrogens is 2. The van der Waals surface area contributed by atoms with E-state index in [1.54, 1.807) is 4.90 Å². The molecule has 1 amide bonds. The highest BCUT2D eigenvalue weighted by Gasteiger charge is 2.30. The minimum Gasteiger partial charge on any atom is -0.354 e. The van der Waals surface area contributed by atoms with Crippen molar-refractivity contribution < 1.29 is 17.6 Å². The Morgan fingerprint density at radius 3 is 2.17 bits per heavy atom. The second-order valence-electron chi connectivity index (χ2n) is 8.92. The third-order valence-electron chi connectivity index (χ3n) is 6.55. The molecule has 0 N–H and O–H groups in total. The summed E-state index contributed by atoms with van der Waals surface area (Å²) in [6, 6.07) is 12.6. The Hall–Kier alpha value is -2.76. The van der Waals surface area contributed by atoms with Crippen LogP contribution in [0.1, 0.15) is 19.3 Å². The Kier molecular flexibility index (Phi) is 7.40. The molecule has 36 heavy (non-hydrogen) atoms. The number of amides is 1. The molecule has 2 aromatic carbocycles. The van der Waals surface area contributed by atoms with Crippen molar-refractivity contribution in [2.45, 2.75) is 29.2 Å². The molecule has 2 fully saturated rings. The molecule has 0 spiro atoms. The summed E-state index contributed by atoms with van der Waals surface area (Å²) < 4.78 is 40.3. The number of nitrogens with zero attached hydrogens (tertiary/aromatic N) is 5. The zero-order valence-electron chi connectivity index (χ0n) is 19.8. The summed E-state index contributed by atoms with van der Waals surface area (Å²) in [4.78, 5) is 26.7. The van der Waals surface area contributed by atoms with Crippen LogP contribution in [0.3, 0.4) is 0 Å². The zero-order chi connectivity index (χ0) is 25.1. The highest BCUT2D eigenvalue weighted by Crippen LogP contribution is 2.31. The standard InChI is InChI=1S/C25H28FN5O3S2/c26-19-8-10-20(11-9-19)36(33,34)31-16-14-29(15-17-31)23(32)18-35-25-24(30-12-4-1-5-13-30)27-21-6-2-3-7-22(21)28-25/h2-3,6-11H,1,4-5,12-18H2. The number of rotatable bonds is 6. The van der Waals surface area contributed by atoms with E-state index in [0.717, 1.165) is 59.9 Å². The second-order valence-corrected chi connectivity index (χ2v) is 11.8. The van der Waals surface area contributed by atoms with Crippen LogP contribution in [0.4, 0.5) is 10.2 Å². The average Bonchev–Trinajstić information content (AvgIpc) is 2.92. The fourth-order valence-corrected chi connectivity index (χ4v) is 6.87. The quantitative estimate of drug-likeness (QED) is 0.453. The van der Waals surface area contributed by atoms with Gasteiger partial charge in [0.2, 0.25) is 15.9 Å². The Labute approximate surface area is 214 Å². The zero-order valence-corrected chi connectivity index (χ0v) is 21.5. The topological polar surface area (TPSA) is 86.7 Å². The Bertz CT molecular complexity index is 1340. The summed E-state index contributed by atoms with van der Waals surface area (Å²) in [7, 11) is -3.72. The number of carbonyl (C=O) groups excluding carboxylic acids is 1. The van der Waals surface area contributed by atoms with E-state index in [2.05, 4.69) is 4.90 Å². The number of hydrogen-bond donors (Lipinski definition) is 0. The number of anilines is 1. The minimum atomic E-state index is -3.72. The first-order valence-electron chi connectivity index (χ1n) is 12.1. The van der Waals surface area contributed by atoms with Crippen LogP contribution in [-0.4, -0.2) is 78.5 Å². The fraction of sp³-hybridized carbons (Fsp3) is 0.400. The number of carbonyl (C=O) groups is 1. The molecule has 1 aromatic heterocycles. The first kappa shape index (κ1) is 24.9. The van der Waals surface area contributed by atoms with Gasteiger partial charge >= 0.3 is 0 Å². The Morgan fingerprint density at radius 2 is 1.50 bits per heavy atom. The molecule has 0 saturated carbocycles. The van der Waals surface area contributed by atoms with Crippen molar-refractivity contribution in [3.05, 3.63) is 54.3 Å². The maximum atomic E-state index is 13.2. The summed E-state index contributed by atoms with van der Waals surface area (Å²) in [6.45, 7) is 2.87. The summed E-state index contributed by atoms with van der Waals surface area (Å²) >= 11 is 1.39. The molecule has 2 saturated heterocycles. The number of sulfonamides is 1. The number of fused-ring (bicyclic) bond motifs is 1. The molecule has 0 aliphatic carbocycles. The maximum absolute atomic E-state index is 13.2. The number of para-hydroxylation sites is 2. The number of thioether (sulfide) groups is 1. The molecule has 190 valence electrons. The molecule has 0 unspecified atom stereocenters. The molecule has 8 nitrogen and oxygen atoms in total. The lowest BCUT2D eigenvalue weighted by Crippen LogP contribution is -2.51. The SMILES string of the molecule is O=C(CSc1nc2ccccc2nc1N1CCCCC1)N1CCN(S(=O)(=O)c2ccc(F)cc2)CC1. The van der Waals surface area contributed by atoms with E-state index in [9.17, 15) is 17.6 Å². The third-order valence-corrected chi connectivity index (χ3v) is 9.40. The van der Waals surface area contributed by atoms with Crippen molar-refractivity contribution in [3.8, 4) is 0 Å². The Balaban J connectivity index is 1.24. The molecule has 2 aliphatic heterocycles. The predicted octanol–water partition coefficient (Wildman–Crippen LogP) is 3.38. The largest absolute Gasteiger partial charge is 0.354 e. The fourth-order valence-electron chi connectivity index (χ4n) is 4.54. The number of piperidine rings is 1. The molecular formula is C25H28FN5O3S2. The molecular weight excluding hydrogens is 501 g/mol. The normalized spacial score (nSPS) is 17.5. The molecule has 0 radical (unpaired) electrons. The van der Waals surface area contributed by atoms with Crippen molar-refractivity contribution in [2.24, 2.45) is 0 Å². The van der Waals surface area contributed by atoms with E-state index < -0.39 is 15.8 Å². The van der Waals surface area contributed by atoms with Gasteiger partial charge in [-0.15, -0.1) is 0 Å². The van der Waals surface area contributed by atoms with Crippen molar-refractivity contribution in [2.75, 3.05) is 49.9 Å². The number of benzene rings is 2. The first-order valence-corrected chi connectivity index (χ1v) is 14.5. The van der Waals surface area contributed by atoms with E-state index in [4.69, 9.17) is 9.97 Å². The summed E-state index contributed by atoms with van der Waals surface area (Å²) in [5.41, 5.74) is 1.64. The first-order chi connectivity index (χ1) is 17.4. The maximum Gasteiger partial charge on any atom is 0.243 e. The Morgan fingerprint density at radius 1 is 0.861 bits per heavy atom. The van der Waals surface area contributed by atoms with E-state index in [0.29, 0.717) is 13.1 Å². The smallest absolute Gasteiger partial charge is 0.243 e. The van der Waals surface area contributed by atoms with Crippen molar-refractivity contribution in [3.63, 3.8) is 0 Å². The molecule has 11 heteroatoms. The van der Waals surface area contributed by atoms with Gasteiger partial charge in [-0.25, -0.2) is 22.8 Å². The number of hydrogen-bond acceptors (Lipinski definition) is 7. The lowest BCUT2D eigenvalue weighted by atomic mass is 10.1. The van der Waals surface area contributed by atoms with Crippen LogP contribution >= 0.6 is 11.8 Å². The van der Waals surface area contributed by atoms with Crippen LogP contribution in [-0.2, 0) is 14.8 Å². The van der Waals surface area contributed by atoms with E-state index in [1.807, 2.05) is 24.3 Å². The van der Waals surface area contributed by atoms with Gasteiger partial charge in [0, 0.05) is 39.3 Å². The molecule has 3 aromatic rings. The molecule has 2 aliphatic rings. The van der Waals surface area contributed by atoms with Gasteiger partial charge in [-0.05, 0) is 55.7 Å². The lowest BCUT2D eigenvalue weighted by molar-refractivity contribution is -0.129. The highest BCUT2D eigenvalue weighted by molar-refractivity contribution is 8.00. The van der Waals surface area contributed by atoms with Crippen LogP contribution in [0.5, 0.6) is 0 Å². The highest BCUT2D eigenvalue weighted by atomic mass is 32.2. The van der Waals surface area contributed by atoms with Gasteiger partial charge in [-0.1, -0.05) is 23.9 Å². The molecule has 5 rings (SSSR count). The molecule has 0 atom stereocenters. The third kappa shape index (κ3) is 5.33. The van der Waals surface area contributed by atoms with Gasteiger partial charge in [-0.2, -0.15) is 4.31 Å².